The number of hydrogen-bond donors (Lipinski definition) is 0. The van der Waals surface area contributed by atoms with E-state index in [9.17, 15) is 0 Å². The predicted molar refractivity (Wildman–Crippen MR) is 54.9 cm³/mol. The van der Waals surface area contributed by atoms with Gasteiger partial charge < -0.3 is 4.74 Å². The van der Waals surface area contributed by atoms with E-state index in [4.69, 9.17) is 16.3 Å². The Hall–Kier alpha value is -1.76. The lowest BCUT2D eigenvalue weighted by atomic mass is 10.4. The molecule has 0 unspecified atom stereocenters. The summed E-state index contributed by atoms with van der Waals surface area (Å²) in [7, 11) is 0. The summed E-state index contributed by atoms with van der Waals surface area (Å²) in [5, 5.41) is 11.1. The average molecular weight is 241 g/mol. The average Bonchev–Trinajstić information content (AvgIpc) is 2.70. The molecular weight excluding hydrogens is 232 g/mol. The molecule has 16 heavy (non-hydrogen) atoms. The molecule has 0 aromatic carbocycles. The second-order valence-electron chi connectivity index (χ2n) is 3.14. The zero-order valence-corrected chi connectivity index (χ0v) is 9.24. The van der Waals surface area contributed by atoms with Crippen LogP contribution in [0, 0.1) is 0 Å². The summed E-state index contributed by atoms with van der Waals surface area (Å²) in [4.78, 5) is 7.69. The van der Waals surface area contributed by atoms with Gasteiger partial charge in [0.15, 0.2) is 0 Å². The molecule has 0 saturated heterocycles. The van der Waals surface area contributed by atoms with Crippen LogP contribution in [-0.4, -0.2) is 36.3 Å². The van der Waals surface area contributed by atoms with E-state index in [0.29, 0.717) is 17.6 Å². The predicted octanol–water partition coefficient (Wildman–Crippen LogP) is 0.584. The number of ether oxygens (including phenoxy) is 1. The topological polar surface area (TPSA) is 78.6 Å². The number of halogens is 1. The van der Waals surface area contributed by atoms with Gasteiger partial charge in [-0.15, -0.1) is 5.10 Å². The van der Waals surface area contributed by atoms with Crippen LogP contribution < -0.4 is 4.74 Å². The lowest BCUT2D eigenvalue weighted by Gasteiger charge is -2.12. The molecule has 0 saturated carbocycles. The maximum Gasteiger partial charge on any atom is 0.218 e. The van der Waals surface area contributed by atoms with E-state index < -0.39 is 0 Å². The van der Waals surface area contributed by atoms with E-state index in [2.05, 4.69) is 25.5 Å². The summed E-state index contributed by atoms with van der Waals surface area (Å²) in [5.74, 6) is 0.431. The van der Waals surface area contributed by atoms with E-state index in [0.717, 1.165) is 0 Å². The van der Waals surface area contributed by atoms with Crippen molar-refractivity contribution in [3.8, 4) is 5.88 Å². The fraction of sp³-hybridized carbons (Fsp3) is 0.375. The summed E-state index contributed by atoms with van der Waals surface area (Å²) in [6.45, 7) is 2.42. The van der Waals surface area contributed by atoms with Crippen molar-refractivity contribution in [2.75, 3.05) is 0 Å². The van der Waals surface area contributed by atoms with Crippen LogP contribution in [0.3, 0.4) is 0 Å². The van der Waals surface area contributed by atoms with Crippen molar-refractivity contribution >= 4 is 11.6 Å². The summed E-state index contributed by atoms with van der Waals surface area (Å²) in [6, 6.07) is 1.55. The van der Waals surface area contributed by atoms with Gasteiger partial charge in [-0.1, -0.05) is 11.6 Å². The van der Waals surface area contributed by atoms with E-state index in [1.54, 1.807) is 10.7 Å². The molecule has 8 heteroatoms. The highest BCUT2D eigenvalue weighted by Gasteiger charge is 2.07. The molecule has 0 aliphatic rings. The molecule has 0 spiro atoms. The molecule has 0 bridgehead atoms. The summed E-state index contributed by atoms with van der Waals surface area (Å²) >= 11 is 5.70. The van der Waals surface area contributed by atoms with Crippen LogP contribution in [0.5, 0.6) is 5.88 Å². The molecular formula is C8H9ClN6O. The molecule has 1 atom stereocenters. The minimum Gasteiger partial charge on any atom is -0.473 e. The number of tetrazole rings is 1. The highest BCUT2D eigenvalue weighted by molar-refractivity contribution is 6.29. The Morgan fingerprint density at radius 3 is 3.06 bits per heavy atom. The minimum absolute atomic E-state index is 0.116. The van der Waals surface area contributed by atoms with E-state index >= 15 is 0 Å². The van der Waals surface area contributed by atoms with Gasteiger partial charge in [-0.3, -0.25) is 0 Å². The molecule has 2 aromatic heterocycles. The first-order valence-corrected chi connectivity index (χ1v) is 4.97. The van der Waals surface area contributed by atoms with Crippen LogP contribution in [0.25, 0.3) is 0 Å². The van der Waals surface area contributed by atoms with E-state index in [1.807, 2.05) is 6.92 Å². The molecule has 0 aliphatic carbocycles. The second kappa shape index (κ2) is 4.84. The standard InChI is InChI=1S/C8H9ClN6O/c1-6(3-15-5-12-13-14-15)16-8-2-7(9)10-4-11-8/h2,4-6H,3H2,1H3/t6-/m0/s1. The fourth-order valence-electron chi connectivity index (χ4n) is 1.15. The molecule has 84 valence electrons. The van der Waals surface area contributed by atoms with E-state index in [1.165, 1.54) is 12.7 Å². The first-order valence-electron chi connectivity index (χ1n) is 4.59. The largest absolute Gasteiger partial charge is 0.473 e. The summed E-state index contributed by atoms with van der Waals surface area (Å²) in [5.41, 5.74) is 0. The monoisotopic (exact) mass is 240 g/mol. The molecule has 0 amide bonds. The van der Waals surface area contributed by atoms with Crippen molar-refractivity contribution in [1.82, 2.24) is 30.2 Å². The number of rotatable bonds is 4. The van der Waals surface area contributed by atoms with Crippen molar-refractivity contribution in [3.05, 3.63) is 23.9 Å². The lowest BCUT2D eigenvalue weighted by molar-refractivity contribution is 0.185. The maximum atomic E-state index is 5.70. The van der Waals surface area contributed by atoms with Gasteiger partial charge in [0.05, 0.1) is 6.54 Å². The minimum atomic E-state index is -0.116. The van der Waals surface area contributed by atoms with Crippen molar-refractivity contribution in [1.29, 1.82) is 0 Å². The van der Waals surface area contributed by atoms with Crippen molar-refractivity contribution < 1.29 is 4.74 Å². The third-order valence-electron chi connectivity index (χ3n) is 1.77. The van der Waals surface area contributed by atoms with Gasteiger partial charge in [0.2, 0.25) is 5.88 Å². The molecule has 0 aliphatic heterocycles. The van der Waals surface area contributed by atoms with Crippen molar-refractivity contribution in [2.24, 2.45) is 0 Å². The van der Waals surface area contributed by atoms with Gasteiger partial charge in [0.25, 0.3) is 0 Å². The molecule has 2 rings (SSSR count). The highest BCUT2D eigenvalue weighted by Crippen LogP contribution is 2.12. The molecule has 0 radical (unpaired) electrons. The third kappa shape index (κ3) is 2.86. The molecule has 0 N–H and O–H groups in total. The Labute approximate surface area is 96.4 Å². The lowest BCUT2D eigenvalue weighted by Crippen LogP contribution is -2.20. The molecule has 2 aromatic rings. The van der Waals surface area contributed by atoms with Gasteiger partial charge in [0, 0.05) is 6.07 Å². The first-order chi connectivity index (χ1) is 7.74. The van der Waals surface area contributed by atoms with Crippen molar-refractivity contribution in [3.63, 3.8) is 0 Å². The first kappa shape index (κ1) is 10.7. The Kier molecular flexibility index (Phi) is 3.25. The molecule has 0 fully saturated rings. The molecule has 7 nitrogen and oxygen atoms in total. The van der Waals surface area contributed by atoms with Gasteiger partial charge in [-0.05, 0) is 17.4 Å². The number of aromatic nitrogens is 6. The molecule has 2 heterocycles. The number of nitrogens with zero attached hydrogens (tertiary/aromatic N) is 6. The van der Waals surface area contributed by atoms with E-state index in [-0.39, 0.29) is 6.10 Å². The fourth-order valence-corrected chi connectivity index (χ4v) is 1.29. The summed E-state index contributed by atoms with van der Waals surface area (Å²) in [6.07, 6.45) is 2.75. The smallest absolute Gasteiger partial charge is 0.218 e. The Balaban J connectivity index is 1.94. The SMILES string of the molecule is C[C@@H](Cn1cnnn1)Oc1cc(Cl)ncn1. The zero-order valence-electron chi connectivity index (χ0n) is 8.49. The van der Waals surface area contributed by atoms with Gasteiger partial charge in [0.1, 0.15) is 23.9 Å². The Morgan fingerprint density at radius 2 is 2.38 bits per heavy atom. The Bertz CT molecular complexity index is 448. The van der Waals surface area contributed by atoms with Crippen LogP contribution in [0.1, 0.15) is 6.92 Å². The van der Waals surface area contributed by atoms with Crippen molar-refractivity contribution in [2.45, 2.75) is 19.6 Å². The van der Waals surface area contributed by atoms with Crippen LogP contribution in [0.15, 0.2) is 18.7 Å². The van der Waals surface area contributed by atoms with Gasteiger partial charge in [-0.25, -0.2) is 14.6 Å². The third-order valence-corrected chi connectivity index (χ3v) is 1.97. The normalized spacial score (nSPS) is 12.4. The van der Waals surface area contributed by atoms with Crippen LogP contribution >= 0.6 is 11.6 Å². The highest BCUT2D eigenvalue weighted by atomic mass is 35.5. The van der Waals surface area contributed by atoms with Crippen LogP contribution in [0.4, 0.5) is 0 Å². The quantitative estimate of drug-likeness (QED) is 0.728. The van der Waals surface area contributed by atoms with Gasteiger partial charge >= 0.3 is 0 Å². The summed E-state index contributed by atoms with van der Waals surface area (Å²) < 4.78 is 7.09. The number of hydrogen-bond acceptors (Lipinski definition) is 6. The zero-order chi connectivity index (χ0) is 11.4. The van der Waals surface area contributed by atoms with Crippen LogP contribution in [-0.2, 0) is 6.54 Å². The van der Waals surface area contributed by atoms with Gasteiger partial charge in [-0.2, -0.15) is 0 Å². The van der Waals surface area contributed by atoms with Crippen LogP contribution in [0.2, 0.25) is 5.15 Å². The Morgan fingerprint density at radius 1 is 1.50 bits per heavy atom. The maximum absolute atomic E-state index is 5.70. The second-order valence-corrected chi connectivity index (χ2v) is 3.53.